The van der Waals surface area contributed by atoms with Gasteiger partial charge in [-0.2, -0.15) is 0 Å². The van der Waals surface area contributed by atoms with Crippen LogP contribution in [0.4, 0.5) is 0 Å². The lowest BCUT2D eigenvalue weighted by Gasteiger charge is -2.28. The number of aryl methyl sites for hydroxylation is 1. The summed E-state index contributed by atoms with van der Waals surface area (Å²) in [5, 5.41) is 4.09. The molecule has 2 saturated carbocycles. The number of hydrogen-bond acceptors (Lipinski definition) is 3. The predicted octanol–water partition coefficient (Wildman–Crippen LogP) is 3.20. The van der Waals surface area contributed by atoms with Crippen LogP contribution in [-0.4, -0.2) is 29.1 Å². The number of nitrogens with one attached hydrogen (secondary N) is 1. The minimum absolute atomic E-state index is 0.157. The number of benzene rings is 1. The Bertz CT molecular complexity index is 856. The minimum atomic E-state index is -0.367. The Hall–Kier alpha value is -2.30. The molecule has 1 aromatic carbocycles. The first-order chi connectivity index (χ1) is 13.0. The molecule has 5 nitrogen and oxygen atoms in total. The van der Waals surface area contributed by atoms with Crippen LogP contribution < -0.4 is 5.32 Å². The zero-order valence-electron chi connectivity index (χ0n) is 16.1. The van der Waals surface area contributed by atoms with E-state index in [2.05, 4.69) is 12.2 Å². The van der Waals surface area contributed by atoms with Crippen LogP contribution in [0.1, 0.15) is 38.2 Å². The topological polar surface area (TPSA) is 60.3 Å². The largest absolute Gasteiger partial charge is 0.455 e. The van der Waals surface area contributed by atoms with Gasteiger partial charge in [-0.15, -0.1) is 0 Å². The van der Waals surface area contributed by atoms with E-state index in [0.717, 1.165) is 28.3 Å². The summed E-state index contributed by atoms with van der Waals surface area (Å²) < 4.78 is 7.23. The van der Waals surface area contributed by atoms with Gasteiger partial charge in [0.2, 0.25) is 0 Å². The van der Waals surface area contributed by atoms with Crippen molar-refractivity contribution in [1.82, 2.24) is 9.88 Å². The second-order valence-corrected chi connectivity index (χ2v) is 8.31. The number of para-hydroxylation sites is 1. The van der Waals surface area contributed by atoms with Crippen molar-refractivity contribution in [3.8, 4) is 0 Å². The normalized spacial score (nSPS) is 24.9. The third kappa shape index (κ3) is 3.73. The number of carbonyl (C=O) groups is 2. The molecule has 4 atom stereocenters. The summed E-state index contributed by atoms with van der Waals surface area (Å²) in [5.74, 6) is 1.64. The molecule has 1 amide bonds. The molecule has 2 fully saturated rings. The highest BCUT2D eigenvalue weighted by Gasteiger charge is 2.42. The predicted molar refractivity (Wildman–Crippen MR) is 104 cm³/mol. The van der Waals surface area contributed by atoms with Gasteiger partial charge in [-0.3, -0.25) is 9.59 Å². The lowest BCUT2D eigenvalue weighted by Crippen LogP contribution is -2.42. The molecule has 0 aliphatic heterocycles. The average Bonchev–Trinajstić information content (AvgIpc) is 3.36. The van der Waals surface area contributed by atoms with E-state index >= 15 is 0 Å². The number of esters is 1. The van der Waals surface area contributed by atoms with E-state index in [1.807, 2.05) is 42.1 Å². The molecule has 2 aliphatic rings. The van der Waals surface area contributed by atoms with Crippen molar-refractivity contribution >= 4 is 22.8 Å². The molecule has 0 unspecified atom stereocenters. The van der Waals surface area contributed by atoms with Crippen LogP contribution in [0.25, 0.3) is 10.9 Å². The Morgan fingerprint density at radius 3 is 2.81 bits per heavy atom. The second kappa shape index (κ2) is 7.37. The molecule has 1 heterocycles. The average molecular weight is 368 g/mol. The van der Waals surface area contributed by atoms with Gasteiger partial charge in [0.1, 0.15) is 0 Å². The van der Waals surface area contributed by atoms with Crippen molar-refractivity contribution in [2.45, 2.75) is 45.1 Å². The standard InChI is InChI=1S/C22H28N2O3/c1-14(19-10-15-7-8-16(19)9-15)23-21(25)13-27-22(26)11-17-12-24(2)20-6-4-3-5-18(17)20/h3-6,12,14-16,19H,7-11,13H2,1-2H3,(H,23,25)/t14-,15-,16-,19+/m0/s1. The summed E-state index contributed by atoms with van der Waals surface area (Å²) >= 11 is 0. The molecule has 144 valence electrons. The smallest absolute Gasteiger partial charge is 0.310 e. The van der Waals surface area contributed by atoms with Gasteiger partial charge in [0.15, 0.2) is 6.61 Å². The van der Waals surface area contributed by atoms with Gasteiger partial charge in [-0.05, 0) is 55.6 Å². The molecule has 0 radical (unpaired) electrons. The van der Waals surface area contributed by atoms with Gasteiger partial charge in [0.25, 0.3) is 5.91 Å². The van der Waals surface area contributed by atoms with Gasteiger partial charge < -0.3 is 14.6 Å². The molecule has 4 rings (SSSR count). The zero-order valence-corrected chi connectivity index (χ0v) is 16.1. The van der Waals surface area contributed by atoms with Gasteiger partial charge in [-0.25, -0.2) is 0 Å². The van der Waals surface area contributed by atoms with Crippen molar-refractivity contribution in [3.63, 3.8) is 0 Å². The Kier molecular flexibility index (Phi) is 4.94. The molecule has 1 N–H and O–H groups in total. The third-order valence-electron chi connectivity index (χ3n) is 6.50. The Balaban J connectivity index is 1.27. The number of fused-ring (bicyclic) bond motifs is 3. The van der Waals surface area contributed by atoms with E-state index < -0.39 is 0 Å². The molecule has 0 saturated heterocycles. The van der Waals surface area contributed by atoms with Gasteiger partial charge >= 0.3 is 5.97 Å². The monoisotopic (exact) mass is 368 g/mol. The van der Waals surface area contributed by atoms with E-state index in [9.17, 15) is 9.59 Å². The summed E-state index contributed by atoms with van der Waals surface area (Å²) in [6, 6.07) is 8.12. The fraction of sp³-hybridized carbons (Fsp3) is 0.545. The maximum atomic E-state index is 12.2. The van der Waals surface area contributed by atoms with Crippen LogP contribution in [-0.2, 0) is 27.8 Å². The SMILES string of the molecule is C[C@H](NC(=O)COC(=O)Cc1cn(C)c2ccccc12)[C@H]1C[C@H]2CC[C@H]1C2. The Morgan fingerprint density at radius 2 is 2.07 bits per heavy atom. The van der Waals surface area contributed by atoms with Crippen molar-refractivity contribution in [1.29, 1.82) is 0 Å². The van der Waals surface area contributed by atoms with Crippen LogP contribution in [0.15, 0.2) is 30.5 Å². The summed E-state index contributed by atoms with van der Waals surface area (Å²) in [5.41, 5.74) is 2.01. The van der Waals surface area contributed by atoms with Gasteiger partial charge in [0, 0.05) is 30.2 Å². The van der Waals surface area contributed by atoms with E-state index in [-0.39, 0.29) is 30.9 Å². The molecule has 1 aromatic heterocycles. The number of ether oxygens (including phenoxy) is 1. The first-order valence-electron chi connectivity index (χ1n) is 9.99. The van der Waals surface area contributed by atoms with Crippen LogP contribution >= 0.6 is 0 Å². The van der Waals surface area contributed by atoms with Crippen LogP contribution in [0, 0.1) is 17.8 Å². The number of amides is 1. The summed E-state index contributed by atoms with van der Waals surface area (Å²) in [7, 11) is 1.96. The number of nitrogens with zero attached hydrogens (tertiary/aromatic N) is 1. The zero-order chi connectivity index (χ0) is 19.0. The van der Waals surface area contributed by atoms with E-state index in [1.54, 1.807) is 0 Å². The van der Waals surface area contributed by atoms with E-state index in [4.69, 9.17) is 4.74 Å². The molecule has 0 spiro atoms. The molecule has 2 bridgehead atoms. The number of carbonyl (C=O) groups excluding carboxylic acids is 2. The van der Waals surface area contributed by atoms with Crippen molar-refractivity contribution in [2.24, 2.45) is 24.8 Å². The third-order valence-corrected chi connectivity index (χ3v) is 6.50. The van der Waals surface area contributed by atoms with Crippen molar-refractivity contribution in [3.05, 3.63) is 36.0 Å². The molecule has 2 aromatic rings. The van der Waals surface area contributed by atoms with Crippen molar-refractivity contribution in [2.75, 3.05) is 6.61 Å². The molecule has 2 aliphatic carbocycles. The fourth-order valence-electron chi connectivity index (χ4n) is 5.23. The highest BCUT2D eigenvalue weighted by atomic mass is 16.5. The van der Waals surface area contributed by atoms with Crippen LogP contribution in [0.3, 0.4) is 0 Å². The first kappa shape index (κ1) is 18.1. The number of hydrogen-bond donors (Lipinski definition) is 1. The van der Waals surface area contributed by atoms with Crippen molar-refractivity contribution < 1.29 is 14.3 Å². The molecule has 5 heteroatoms. The number of aromatic nitrogens is 1. The Morgan fingerprint density at radius 1 is 1.26 bits per heavy atom. The molecule has 27 heavy (non-hydrogen) atoms. The highest BCUT2D eigenvalue weighted by Crippen LogP contribution is 2.49. The van der Waals surface area contributed by atoms with Crippen LogP contribution in [0.5, 0.6) is 0 Å². The molecular formula is C22H28N2O3. The Labute approximate surface area is 160 Å². The van der Waals surface area contributed by atoms with Gasteiger partial charge in [-0.1, -0.05) is 24.6 Å². The van der Waals surface area contributed by atoms with Gasteiger partial charge in [0.05, 0.1) is 6.42 Å². The summed E-state index contributed by atoms with van der Waals surface area (Å²) in [6.07, 6.45) is 7.33. The van der Waals surface area contributed by atoms with Crippen LogP contribution in [0.2, 0.25) is 0 Å². The lowest BCUT2D eigenvalue weighted by atomic mass is 9.84. The summed E-state index contributed by atoms with van der Waals surface area (Å²) in [6.45, 7) is 1.88. The maximum absolute atomic E-state index is 12.2. The summed E-state index contributed by atoms with van der Waals surface area (Å²) in [4.78, 5) is 24.4. The number of rotatable bonds is 6. The lowest BCUT2D eigenvalue weighted by molar-refractivity contribution is -0.148. The highest BCUT2D eigenvalue weighted by molar-refractivity contribution is 5.88. The fourth-order valence-corrected chi connectivity index (χ4v) is 5.23. The van der Waals surface area contributed by atoms with E-state index in [1.165, 1.54) is 25.7 Å². The quantitative estimate of drug-likeness (QED) is 0.797. The minimum Gasteiger partial charge on any atom is -0.455 e. The van der Waals surface area contributed by atoms with E-state index in [0.29, 0.717) is 5.92 Å². The molecular weight excluding hydrogens is 340 g/mol. The second-order valence-electron chi connectivity index (χ2n) is 8.31. The maximum Gasteiger partial charge on any atom is 0.310 e. The first-order valence-corrected chi connectivity index (χ1v) is 9.99.